The van der Waals surface area contributed by atoms with Gasteiger partial charge in [-0.15, -0.1) is 0 Å². The number of Topliss-reactive ketones (excluding diaryl/α,β-unsaturated/α-hetero) is 1. The summed E-state index contributed by atoms with van der Waals surface area (Å²) in [6.07, 6.45) is -4.22. The number of hydrogen-bond donors (Lipinski definition) is 5. The van der Waals surface area contributed by atoms with Crippen molar-refractivity contribution in [2.45, 2.75) is 37.1 Å². The van der Waals surface area contributed by atoms with Crippen LogP contribution in [0, 0.1) is 0 Å². The summed E-state index contributed by atoms with van der Waals surface area (Å²) < 4.78 is 4.80. The first kappa shape index (κ1) is 15.4. The van der Waals surface area contributed by atoms with Crippen LogP contribution in [-0.4, -0.2) is 63.0 Å². The van der Waals surface area contributed by atoms with Crippen molar-refractivity contribution >= 4 is 5.78 Å². The number of hydrogen-bond acceptors (Lipinski definition) is 7. The monoisotopic (exact) mass is 235 g/mol. The van der Waals surface area contributed by atoms with Gasteiger partial charge in [-0.1, -0.05) is 0 Å². The topological polar surface area (TPSA) is 164 Å². The standard InChI is InChI=1S/C8H15NO6.N/c1-3(11)8(14)7(9)6(13)5(12)4(2-10)15-8;/h4-7,10,12-14H,2,9H2,1H3;/t4-,5-,6+,7+,8?;/m1./s1. The molecule has 1 heterocycles. The van der Waals surface area contributed by atoms with Crippen LogP contribution in [0.25, 0.3) is 0 Å². The molecule has 8 nitrogen and oxygen atoms in total. The molecule has 1 unspecified atom stereocenters. The molecule has 1 aliphatic rings. The Morgan fingerprint density at radius 2 is 1.94 bits per heavy atom. The first-order chi connectivity index (χ1) is 6.84. The average molecular weight is 235 g/mol. The lowest BCUT2D eigenvalue weighted by molar-refractivity contribution is -0.296. The number of ether oxygens (including phenoxy) is 1. The maximum atomic E-state index is 11.1. The molecular weight excluding hydrogens is 220 g/mol. The molecule has 1 saturated heterocycles. The Morgan fingerprint density at radius 3 is 2.31 bits per heavy atom. The molecule has 1 aliphatic heterocycles. The lowest BCUT2D eigenvalue weighted by Crippen LogP contribution is -2.70. The summed E-state index contributed by atoms with van der Waals surface area (Å²) in [7, 11) is 0. The van der Waals surface area contributed by atoms with Gasteiger partial charge in [0.15, 0.2) is 5.78 Å². The molecule has 93 valence electrons. The van der Waals surface area contributed by atoms with Gasteiger partial charge < -0.3 is 30.9 Å². The van der Waals surface area contributed by atoms with Crippen LogP contribution < -0.4 is 11.9 Å². The van der Waals surface area contributed by atoms with Crippen molar-refractivity contribution < 1.29 is 30.0 Å². The zero-order valence-electron chi connectivity index (χ0n) is 8.65. The predicted octanol–water partition coefficient (Wildman–Crippen LogP) is -3.78. The van der Waals surface area contributed by atoms with Gasteiger partial charge in [0.25, 0.3) is 0 Å². The van der Waals surface area contributed by atoms with E-state index in [0.29, 0.717) is 0 Å². The summed E-state index contributed by atoms with van der Waals surface area (Å²) in [5, 5.41) is 37.4. The summed E-state index contributed by atoms with van der Waals surface area (Å²) in [6.45, 7) is 0.402. The van der Waals surface area contributed by atoms with Crippen LogP contribution in [0.15, 0.2) is 0 Å². The molecule has 1 rings (SSSR count). The smallest absolute Gasteiger partial charge is 0.244 e. The van der Waals surface area contributed by atoms with Gasteiger partial charge in [0.2, 0.25) is 5.79 Å². The second kappa shape index (κ2) is 5.15. The van der Waals surface area contributed by atoms with E-state index in [-0.39, 0.29) is 6.15 Å². The zero-order chi connectivity index (χ0) is 11.8. The fraction of sp³-hybridized carbons (Fsp3) is 0.875. The molecule has 0 aliphatic carbocycles. The Hall–Kier alpha value is -0.610. The number of rotatable bonds is 2. The summed E-state index contributed by atoms with van der Waals surface area (Å²) in [6, 6.07) is -1.45. The van der Waals surface area contributed by atoms with Crippen LogP contribution in [0.3, 0.4) is 0 Å². The van der Waals surface area contributed by atoms with Crippen LogP contribution in [-0.2, 0) is 9.53 Å². The van der Waals surface area contributed by atoms with Gasteiger partial charge in [0.1, 0.15) is 18.3 Å². The number of carbonyl (C=O) groups excluding carboxylic acids is 1. The van der Waals surface area contributed by atoms with E-state index in [0.717, 1.165) is 6.92 Å². The summed E-state index contributed by atoms with van der Waals surface area (Å²) in [5.74, 6) is -3.16. The summed E-state index contributed by atoms with van der Waals surface area (Å²) >= 11 is 0. The Labute approximate surface area is 92.2 Å². The molecule has 8 heteroatoms. The van der Waals surface area contributed by atoms with Crippen molar-refractivity contribution in [3.8, 4) is 0 Å². The van der Waals surface area contributed by atoms with E-state index < -0.39 is 42.5 Å². The van der Waals surface area contributed by atoms with Crippen molar-refractivity contribution in [1.29, 1.82) is 0 Å². The van der Waals surface area contributed by atoms with E-state index in [9.17, 15) is 20.1 Å². The molecule has 0 saturated carbocycles. The fourth-order valence-electron chi connectivity index (χ4n) is 1.51. The van der Waals surface area contributed by atoms with Crippen molar-refractivity contribution in [1.82, 2.24) is 6.15 Å². The molecule has 0 amide bonds. The number of aliphatic hydroxyl groups is 4. The lowest BCUT2D eigenvalue weighted by atomic mass is 9.89. The first-order valence-electron chi connectivity index (χ1n) is 4.48. The number of nitrogens with two attached hydrogens (primary N) is 1. The first-order valence-corrected chi connectivity index (χ1v) is 4.48. The minimum Gasteiger partial charge on any atom is -0.394 e. The quantitative estimate of drug-likeness (QED) is 0.327. The Bertz CT molecular complexity index is 261. The molecule has 0 aromatic rings. The largest absolute Gasteiger partial charge is 0.394 e. The third kappa shape index (κ3) is 2.23. The molecule has 1 fully saturated rings. The SMILES string of the molecule is CC(=O)C1(O)O[C@H](CO)[C@@H](O)[C@H](O)[C@@H]1N.[N]. The van der Waals surface area contributed by atoms with Crippen LogP contribution in [0.4, 0.5) is 0 Å². The Kier molecular flexibility index (Phi) is 4.95. The number of ketones is 1. The van der Waals surface area contributed by atoms with Crippen molar-refractivity contribution in [3.63, 3.8) is 0 Å². The molecule has 0 aromatic heterocycles. The van der Waals surface area contributed by atoms with Gasteiger partial charge in [0.05, 0.1) is 12.6 Å². The third-order valence-corrected chi connectivity index (χ3v) is 2.57. The van der Waals surface area contributed by atoms with Gasteiger partial charge in [0, 0.05) is 13.1 Å². The van der Waals surface area contributed by atoms with Crippen LogP contribution in [0.1, 0.15) is 6.92 Å². The van der Waals surface area contributed by atoms with Crippen molar-refractivity contribution in [3.05, 3.63) is 0 Å². The Balaban J connectivity index is 0.00000225. The minimum atomic E-state index is -2.37. The van der Waals surface area contributed by atoms with Gasteiger partial charge in [-0.2, -0.15) is 0 Å². The predicted molar refractivity (Wildman–Crippen MR) is 49.7 cm³/mol. The lowest BCUT2D eigenvalue weighted by Gasteiger charge is -2.44. The van der Waals surface area contributed by atoms with Crippen molar-refractivity contribution in [2.24, 2.45) is 5.73 Å². The number of aliphatic hydroxyl groups excluding tert-OH is 3. The third-order valence-electron chi connectivity index (χ3n) is 2.57. The van der Waals surface area contributed by atoms with Gasteiger partial charge >= 0.3 is 0 Å². The minimum absolute atomic E-state index is 0. The van der Waals surface area contributed by atoms with E-state index >= 15 is 0 Å². The molecule has 16 heavy (non-hydrogen) atoms. The normalized spacial score (nSPS) is 43.6. The molecular formula is C8H15N2O6. The van der Waals surface area contributed by atoms with E-state index in [4.69, 9.17) is 15.6 Å². The van der Waals surface area contributed by atoms with Crippen LogP contribution in [0.2, 0.25) is 0 Å². The summed E-state index contributed by atoms with van der Waals surface area (Å²) in [5.41, 5.74) is 5.38. The number of carbonyl (C=O) groups is 1. The highest BCUT2D eigenvalue weighted by atomic mass is 16.7. The fourth-order valence-corrected chi connectivity index (χ4v) is 1.51. The van der Waals surface area contributed by atoms with Gasteiger partial charge in [-0.3, -0.25) is 4.79 Å². The average Bonchev–Trinajstić information content (AvgIpc) is 2.20. The molecule has 3 radical (unpaired) electrons. The van der Waals surface area contributed by atoms with E-state index in [1.807, 2.05) is 0 Å². The van der Waals surface area contributed by atoms with Crippen LogP contribution in [0.5, 0.6) is 0 Å². The van der Waals surface area contributed by atoms with Gasteiger partial charge in [-0.25, -0.2) is 0 Å². The van der Waals surface area contributed by atoms with E-state index in [1.54, 1.807) is 0 Å². The number of nitrogens with zero attached hydrogens (tertiary/aromatic N) is 1. The Morgan fingerprint density at radius 1 is 1.44 bits per heavy atom. The van der Waals surface area contributed by atoms with Crippen molar-refractivity contribution in [2.75, 3.05) is 6.61 Å². The zero-order valence-corrected chi connectivity index (χ0v) is 8.65. The second-order valence-electron chi connectivity index (χ2n) is 3.60. The maximum Gasteiger partial charge on any atom is 0.244 e. The van der Waals surface area contributed by atoms with Gasteiger partial charge in [-0.05, 0) is 0 Å². The highest BCUT2D eigenvalue weighted by Crippen LogP contribution is 2.27. The molecule has 0 aromatic carbocycles. The molecule has 0 bridgehead atoms. The highest BCUT2D eigenvalue weighted by Gasteiger charge is 2.54. The maximum absolute atomic E-state index is 11.1. The highest BCUT2D eigenvalue weighted by molar-refractivity contribution is 5.84. The summed E-state index contributed by atoms with van der Waals surface area (Å²) in [4.78, 5) is 11.1. The van der Waals surface area contributed by atoms with Crippen LogP contribution >= 0.6 is 0 Å². The second-order valence-corrected chi connectivity index (χ2v) is 3.60. The molecule has 0 spiro atoms. The van der Waals surface area contributed by atoms with E-state index in [1.165, 1.54) is 0 Å². The van der Waals surface area contributed by atoms with E-state index in [2.05, 4.69) is 0 Å². The molecule has 6 N–H and O–H groups in total. The molecule has 5 atom stereocenters.